The number of aromatic nitrogens is 2. The van der Waals surface area contributed by atoms with Crippen LogP contribution in [0.4, 0.5) is 11.5 Å². The molecule has 0 aliphatic carbocycles. The third-order valence-electron chi connectivity index (χ3n) is 3.40. The first kappa shape index (κ1) is 17.2. The van der Waals surface area contributed by atoms with Crippen LogP contribution in [0.3, 0.4) is 0 Å². The number of amides is 1. The van der Waals surface area contributed by atoms with Crippen LogP contribution in [0.5, 0.6) is 0 Å². The number of pyridine rings is 2. The molecule has 0 aliphatic heterocycles. The van der Waals surface area contributed by atoms with E-state index in [-0.39, 0.29) is 5.91 Å². The highest BCUT2D eigenvalue weighted by molar-refractivity contribution is 6.35. The predicted octanol–water partition coefficient (Wildman–Crippen LogP) is 4.65. The highest BCUT2D eigenvalue weighted by Gasteiger charge is 2.09. The topological polar surface area (TPSA) is 66.9 Å². The number of carbonyl (C=O) groups is 1. The first-order valence-electron chi connectivity index (χ1n) is 7.47. The van der Waals surface area contributed by atoms with Crippen molar-refractivity contribution >= 4 is 40.6 Å². The number of halogens is 2. The van der Waals surface area contributed by atoms with Crippen molar-refractivity contribution in [2.45, 2.75) is 6.54 Å². The first-order valence-corrected chi connectivity index (χ1v) is 8.22. The number of anilines is 2. The van der Waals surface area contributed by atoms with Crippen molar-refractivity contribution in [1.29, 1.82) is 0 Å². The summed E-state index contributed by atoms with van der Waals surface area (Å²) in [5, 5.41) is 6.80. The number of nitrogens with one attached hydrogen (secondary N) is 2. The molecule has 1 amide bonds. The SMILES string of the molecule is O=C(Nc1cc(Cl)ccc1Cl)c1ccc(NCc2cccnc2)nc1. The van der Waals surface area contributed by atoms with Crippen LogP contribution >= 0.6 is 23.2 Å². The van der Waals surface area contributed by atoms with Gasteiger partial charge in [0, 0.05) is 30.2 Å². The van der Waals surface area contributed by atoms with Gasteiger partial charge in [-0.05, 0) is 42.0 Å². The van der Waals surface area contributed by atoms with Gasteiger partial charge in [0.25, 0.3) is 5.91 Å². The molecule has 2 heterocycles. The maximum Gasteiger partial charge on any atom is 0.257 e. The number of carbonyl (C=O) groups excluding carboxylic acids is 1. The van der Waals surface area contributed by atoms with Gasteiger partial charge in [0.2, 0.25) is 0 Å². The van der Waals surface area contributed by atoms with Crippen molar-refractivity contribution in [2.24, 2.45) is 0 Å². The second kappa shape index (κ2) is 7.96. The van der Waals surface area contributed by atoms with Crippen molar-refractivity contribution < 1.29 is 4.79 Å². The van der Waals surface area contributed by atoms with E-state index >= 15 is 0 Å². The number of benzene rings is 1. The van der Waals surface area contributed by atoms with Crippen molar-refractivity contribution in [3.8, 4) is 0 Å². The van der Waals surface area contributed by atoms with E-state index in [9.17, 15) is 4.79 Å². The lowest BCUT2D eigenvalue weighted by atomic mass is 10.2. The highest BCUT2D eigenvalue weighted by Crippen LogP contribution is 2.25. The summed E-state index contributed by atoms with van der Waals surface area (Å²) >= 11 is 12.0. The van der Waals surface area contributed by atoms with Gasteiger partial charge in [0.15, 0.2) is 0 Å². The molecule has 1 aromatic carbocycles. The van der Waals surface area contributed by atoms with Gasteiger partial charge in [-0.3, -0.25) is 9.78 Å². The van der Waals surface area contributed by atoms with Crippen LogP contribution in [0, 0.1) is 0 Å². The molecule has 3 rings (SSSR count). The Morgan fingerprint density at radius 1 is 1.08 bits per heavy atom. The zero-order valence-corrected chi connectivity index (χ0v) is 14.6. The Hall–Kier alpha value is -2.63. The molecule has 0 fully saturated rings. The second-order valence-corrected chi connectivity index (χ2v) is 6.07. The van der Waals surface area contributed by atoms with Gasteiger partial charge in [-0.25, -0.2) is 4.98 Å². The van der Waals surface area contributed by atoms with Gasteiger partial charge < -0.3 is 10.6 Å². The summed E-state index contributed by atoms with van der Waals surface area (Å²) in [6, 6.07) is 12.2. The number of rotatable bonds is 5. The second-order valence-electron chi connectivity index (χ2n) is 5.23. The molecule has 0 spiro atoms. The lowest BCUT2D eigenvalue weighted by Crippen LogP contribution is -2.13. The molecule has 0 saturated carbocycles. The summed E-state index contributed by atoms with van der Waals surface area (Å²) < 4.78 is 0. The van der Waals surface area contributed by atoms with Crippen LogP contribution in [0.2, 0.25) is 10.0 Å². The van der Waals surface area contributed by atoms with Gasteiger partial charge in [-0.15, -0.1) is 0 Å². The minimum atomic E-state index is -0.310. The van der Waals surface area contributed by atoms with Crippen LogP contribution in [0.1, 0.15) is 15.9 Å². The zero-order chi connectivity index (χ0) is 17.6. The summed E-state index contributed by atoms with van der Waals surface area (Å²) in [4.78, 5) is 20.6. The Morgan fingerprint density at radius 2 is 1.96 bits per heavy atom. The Labute approximate surface area is 155 Å². The number of hydrogen-bond donors (Lipinski definition) is 2. The third kappa shape index (κ3) is 4.68. The highest BCUT2D eigenvalue weighted by atomic mass is 35.5. The molecule has 3 aromatic rings. The van der Waals surface area contributed by atoms with E-state index in [0.717, 1.165) is 5.56 Å². The predicted molar refractivity (Wildman–Crippen MR) is 100 cm³/mol. The van der Waals surface area contributed by atoms with Gasteiger partial charge >= 0.3 is 0 Å². The fraction of sp³-hybridized carbons (Fsp3) is 0.0556. The van der Waals surface area contributed by atoms with Crippen molar-refractivity contribution in [1.82, 2.24) is 9.97 Å². The van der Waals surface area contributed by atoms with Crippen LogP contribution in [0.15, 0.2) is 61.1 Å². The van der Waals surface area contributed by atoms with Crippen LogP contribution in [-0.4, -0.2) is 15.9 Å². The summed E-state index contributed by atoms with van der Waals surface area (Å²) in [5.41, 5.74) is 1.92. The molecule has 5 nitrogen and oxygen atoms in total. The molecule has 2 aromatic heterocycles. The first-order chi connectivity index (χ1) is 12.1. The standard InChI is InChI=1S/C18H14Cl2N4O/c19-14-4-5-15(20)16(8-14)24-18(25)13-3-6-17(23-11-13)22-10-12-2-1-7-21-9-12/h1-9,11H,10H2,(H,22,23)(H,24,25). The third-order valence-corrected chi connectivity index (χ3v) is 3.96. The van der Waals surface area contributed by atoms with Crippen LogP contribution in [0.25, 0.3) is 0 Å². The van der Waals surface area contributed by atoms with Gasteiger partial charge in [-0.2, -0.15) is 0 Å². The van der Waals surface area contributed by atoms with Crippen molar-refractivity contribution in [3.63, 3.8) is 0 Å². The average molecular weight is 373 g/mol. The molecular formula is C18H14Cl2N4O. The average Bonchev–Trinajstić information content (AvgIpc) is 2.64. The van der Waals surface area contributed by atoms with E-state index in [1.807, 2.05) is 12.1 Å². The smallest absolute Gasteiger partial charge is 0.257 e. The lowest BCUT2D eigenvalue weighted by molar-refractivity contribution is 0.102. The molecular weight excluding hydrogens is 359 g/mol. The van der Waals surface area contributed by atoms with E-state index in [0.29, 0.717) is 33.7 Å². The van der Waals surface area contributed by atoms with Gasteiger partial charge in [0.1, 0.15) is 5.82 Å². The summed E-state index contributed by atoms with van der Waals surface area (Å²) in [6.07, 6.45) is 5.00. The Morgan fingerprint density at radius 3 is 2.68 bits per heavy atom. The number of nitrogens with zero attached hydrogens (tertiary/aromatic N) is 2. The van der Waals surface area contributed by atoms with E-state index in [4.69, 9.17) is 23.2 Å². The molecule has 0 radical (unpaired) electrons. The molecule has 0 atom stereocenters. The zero-order valence-electron chi connectivity index (χ0n) is 13.0. The quantitative estimate of drug-likeness (QED) is 0.683. The van der Waals surface area contributed by atoms with E-state index < -0.39 is 0 Å². The molecule has 126 valence electrons. The minimum absolute atomic E-state index is 0.310. The maximum absolute atomic E-state index is 12.3. The molecule has 0 unspecified atom stereocenters. The van der Waals surface area contributed by atoms with Crippen LogP contribution < -0.4 is 10.6 Å². The van der Waals surface area contributed by atoms with Crippen molar-refractivity contribution in [2.75, 3.05) is 10.6 Å². The van der Waals surface area contributed by atoms with Crippen LogP contribution in [-0.2, 0) is 6.54 Å². The number of hydrogen-bond acceptors (Lipinski definition) is 4. The largest absolute Gasteiger partial charge is 0.366 e. The molecule has 0 bridgehead atoms. The Bertz CT molecular complexity index is 870. The minimum Gasteiger partial charge on any atom is -0.366 e. The molecule has 7 heteroatoms. The van der Waals surface area contributed by atoms with E-state index in [1.54, 1.807) is 42.7 Å². The summed E-state index contributed by atoms with van der Waals surface area (Å²) in [5.74, 6) is 0.358. The van der Waals surface area contributed by atoms with Gasteiger partial charge in [-0.1, -0.05) is 29.3 Å². The molecule has 2 N–H and O–H groups in total. The lowest BCUT2D eigenvalue weighted by Gasteiger charge is -2.09. The fourth-order valence-electron chi connectivity index (χ4n) is 2.12. The maximum atomic E-state index is 12.3. The Kier molecular flexibility index (Phi) is 5.48. The molecule has 0 saturated heterocycles. The Balaban J connectivity index is 1.63. The van der Waals surface area contributed by atoms with Gasteiger partial charge in [0.05, 0.1) is 16.3 Å². The fourth-order valence-corrected chi connectivity index (χ4v) is 2.45. The molecule has 25 heavy (non-hydrogen) atoms. The summed E-state index contributed by atoms with van der Waals surface area (Å²) in [7, 11) is 0. The van der Waals surface area contributed by atoms with E-state index in [2.05, 4.69) is 20.6 Å². The van der Waals surface area contributed by atoms with Crippen molar-refractivity contribution in [3.05, 3.63) is 82.2 Å². The molecule has 0 aliphatic rings. The monoisotopic (exact) mass is 372 g/mol. The normalized spacial score (nSPS) is 10.3. The van der Waals surface area contributed by atoms with E-state index in [1.165, 1.54) is 6.20 Å². The summed E-state index contributed by atoms with van der Waals surface area (Å²) in [6.45, 7) is 0.602.